The molecule has 0 aliphatic carbocycles. The van der Waals surface area contributed by atoms with Gasteiger partial charge in [0.1, 0.15) is 5.82 Å². The highest BCUT2D eigenvalue weighted by Crippen LogP contribution is 2.36. The van der Waals surface area contributed by atoms with Crippen LogP contribution >= 0.6 is 11.3 Å². The molecule has 0 saturated carbocycles. The number of halogens is 4. The van der Waals surface area contributed by atoms with Crippen molar-refractivity contribution >= 4 is 38.6 Å². The summed E-state index contributed by atoms with van der Waals surface area (Å²) in [6.07, 6.45) is -5.68. The summed E-state index contributed by atoms with van der Waals surface area (Å²) in [4.78, 5) is 28.6. The third kappa shape index (κ3) is 4.35. The molecule has 6 nitrogen and oxygen atoms in total. The Morgan fingerprint density at radius 1 is 1.13 bits per heavy atom. The Kier molecular flexibility index (Phi) is 5.92. The average Bonchev–Trinajstić information content (AvgIpc) is 3.07. The largest absolute Gasteiger partial charge is 0.466 e. The van der Waals surface area contributed by atoms with Crippen molar-refractivity contribution in [3.63, 3.8) is 0 Å². The Labute approximate surface area is 171 Å². The lowest BCUT2D eigenvalue weighted by Crippen LogP contribution is -2.69. The number of benzene rings is 2. The van der Waals surface area contributed by atoms with Gasteiger partial charge in [0.05, 0.1) is 23.7 Å². The van der Waals surface area contributed by atoms with Crippen LogP contribution < -0.4 is 10.6 Å². The number of amides is 1. The number of esters is 1. The summed E-state index contributed by atoms with van der Waals surface area (Å²) in [5.74, 6) is -3.44. The molecule has 158 valence electrons. The molecule has 1 amide bonds. The van der Waals surface area contributed by atoms with Gasteiger partial charge in [-0.15, -0.1) is 0 Å². The maximum Gasteiger partial charge on any atom is 0.442 e. The van der Waals surface area contributed by atoms with Crippen LogP contribution in [0.1, 0.15) is 5.56 Å². The maximum atomic E-state index is 14.1. The summed E-state index contributed by atoms with van der Waals surface area (Å²) in [6.45, 7) is 0. The van der Waals surface area contributed by atoms with Crippen LogP contribution in [0.25, 0.3) is 10.2 Å². The van der Waals surface area contributed by atoms with E-state index in [0.29, 0.717) is 16.9 Å². The van der Waals surface area contributed by atoms with E-state index in [0.717, 1.165) is 19.2 Å². The molecule has 0 radical (unpaired) electrons. The lowest BCUT2D eigenvalue weighted by molar-refractivity contribution is -0.206. The number of hydrogen-bond donors (Lipinski definition) is 2. The van der Waals surface area contributed by atoms with Gasteiger partial charge in [-0.25, -0.2) is 14.2 Å². The highest BCUT2D eigenvalue weighted by atomic mass is 32.1. The molecular formula is C19H15F4N3O3S. The van der Waals surface area contributed by atoms with Crippen molar-refractivity contribution in [3.05, 3.63) is 59.9 Å². The van der Waals surface area contributed by atoms with Crippen LogP contribution in [-0.2, 0) is 20.7 Å². The zero-order valence-corrected chi connectivity index (χ0v) is 16.2. The normalized spacial score (nSPS) is 13.5. The predicted octanol–water partition coefficient (Wildman–Crippen LogP) is 3.64. The monoisotopic (exact) mass is 441 g/mol. The summed E-state index contributed by atoms with van der Waals surface area (Å²) in [6, 6.07) is 11.5. The lowest BCUT2D eigenvalue weighted by Gasteiger charge is -2.34. The quantitative estimate of drug-likeness (QED) is 0.347. The van der Waals surface area contributed by atoms with E-state index in [1.54, 1.807) is 35.6 Å². The van der Waals surface area contributed by atoms with Gasteiger partial charge in [0.2, 0.25) is 5.91 Å². The summed E-state index contributed by atoms with van der Waals surface area (Å²) in [7, 11) is 0.765. The third-order valence-electron chi connectivity index (χ3n) is 4.10. The van der Waals surface area contributed by atoms with E-state index in [2.05, 4.69) is 9.72 Å². The molecule has 0 unspecified atom stereocenters. The number of fused-ring (bicyclic) bond motifs is 1. The second-order valence-corrected chi connectivity index (χ2v) is 7.24. The molecule has 0 aliphatic heterocycles. The predicted molar refractivity (Wildman–Crippen MR) is 102 cm³/mol. The number of nitrogens with one attached hydrogen (secondary N) is 2. The van der Waals surface area contributed by atoms with Gasteiger partial charge in [-0.3, -0.25) is 4.79 Å². The van der Waals surface area contributed by atoms with Crippen LogP contribution in [0.15, 0.2) is 48.5 Å². The van der Waals surface area contributed by atoms with E-state index >= 15 is 0 Å². The highest BCUT2D eigenvalue weighted by Gasteiger charge is 2.63. The molecule has 0 aliphatic rings. The number of carbonyl (C=O) groups is 2. The number of anilines is 1. The van der Waals surface area contributed by atoms with Crippen LogP contribution in [0.4, 0.5) is 22.7 Å². The zero-order chi connectivity index (χ0) is 21.9. The fourth-order valence-electron chi connectivity index (χ4n) is 2.69. The zero-order valence-electron chi connectivity index (χ0n) is 15.4. The van der Waals surface area contributed by atoms with Gasteiger partial charge in [0, 0.05) is 0 Å². The summed E-state index contributed by atoms with van der Waals surface area (Å²) in [5, 5.41) is 3.33. The van der Waals surface area contributed by atoms with Gasteiger partial charge in [-0.1, -0.05) is 41.7 Å². The molecule has 30 heavy (non-hydrogen) atoms. The Morgan fingerprint density at radius 2 is 1.83 bits per heavy atom. The van der Waals surface area contributed by atoms with Crippen LogP contribution in [0.5, 0.6) is 0 Å². The number of carbonyl (C=O) groups excluding carboxylic acids is 2. The van der Waals surface area contributed by atoms with Gasteiger partial charge < -0.3 is 15.4 Å². The van der Waals surface area contributed by atoms with E-state index in [1.807, 2.05) is 5.32 Å². The van der Waals surface area contributed by atoms with E-state index < -0.39 is 36.0 Å². The standard InChI is InChI=1S/C19H15F4N3O3S/c1-29-16(28)18(19(21,22)23,25-15(27)9-11-5-3-2-4-6-11)26-17-24-13-8-7-12(20)10-14(13)30-17/h2-8,10H,9H2,1H3,(H,24,26)(H,25,27)/t18-/m1/s1. The Hall–Kier alpha value is -3.21. The van der Waals surface area contributed by atoms with Gasteiger partial charge in [0.25, 0.3) is 0 Å². The lowest BCUT2D eigenvalue weighted by atomic mass is 10.1. The first-order valence-electron chi connectivity index (χ1n) is 8.49. The van der Waals surface area contributed by atoms with E-state index in [1.165, 1.54) is 6.07 Å². The van der Waals surface area contributed by atoms with Crippen molar-refractivity contribution in [2.24, 2.45) is 0 Å². The number of nitrogens with zero attached hydrogens (tertiary/aromatic N) is 1. The molecule has 1 atom stereocenters. The molecule has 3 aromatic rings. The van der Waals surface area contributed by atoms with Crippen LogP contribution in [-0.4, -0.2) is 35.8 Å². The van der Waals surface area contributed by atoms with Crippen molar-refractivity contribution in [2.75, 3.05) is 12.4 Å². The van der Waals surface area contributed by atoms with Crippen molar-refractivity contribution in [2.45, 2.75) is 18.3 Å². The van der Waals surface area contributed by atoms with Gasteiger partial charge >= 0.3 is 17.8 Å². The van der Waals surface area contributed by atoms with Crippen molar-refractivity contribution in [3.8, 4) is 0 Å². The number of thiazole rings is 1. The summed E-state index contributed by atoms with van der Waals surface area (Å²) in [5.41, 5.74) is -2.91. The first kappa shape index (κ1) is 21.5. The number of ether oxygens (including phenoxy) is 1. The molecule has 2 N–H and O–H groups in total. The fourth-order valence-corrected chi connectivity index (χ4v) is 3.64. The molecule has 0 spiro atoms. The minimum absolute atomic E-state index is 0.223. The first-order valence-corrected chi connectivity index (χ1v) is 9.30. The molecule has 3 rings (SSSR count). The van der Waals surface area contributed by atoms with E-state index in [4.69, 9.17) is 0 Å². The maximum absolute atomic E-state index is 14.1. The van der Waals surface area contributed by atoms with E-state index in [-0.39, 0.29) is 15.3 Å². The minimum atomic E-state index is -5.28. The number of aromatic nitrogens is 1. The molecule has 1 heterocycles. The minimum Gasteiger partial charge on any atom is -0.466 e. The van der Waals surface area contributed by atoms with Crippen LogP contribution in [0.3, 0.4) is 0 Å². The number of hydrogen-bond acceptors (Lipinski definition) is 6. The number of methoxy groups -OCH3 is 1. The fraction of sp³-hybridized carbons (Fsp3) is 0.211. The molecule has 2 aromatic carbocycles. The molecular weight excluding hydrogens is 426 g/mol. The van der Waals surface area contributed by atoms with Gasteiger partial charge in [-0.05, 0) is 23.8 Å². The Balaban J connectivity index is 1.97. The number of alkyl halides is 3. The average molecular weight is 441 g/mol. The van der Waals surface area contributed by atoms with Crippen molar-refractivity contribution in [1.29, 1.82) is 0 Å². The van der Waals surface area contributed by atoms with Crippen molar-refractivity contribution in [1.82, 2.24) is 10.3 Å². The topological polar surface area (TPSA) is 80.3 Å². The summed E-state index contributed by atoms with van der Waals surface area (Å²) >= 11 is 0.692. The molecule has 0 bridgehead atoms. The SMILES string of the molecule is COC(=O)[C@@](NC(=O)Cc1ccccc1)(Nc1nc2ccc(F)cc2s1)C(F)(F)F. The van der Waals surface area contributed by atoms with Crippen LogP contribution in [0.2, 0.25) is 0 Å². The smallest absolute Gasteiger partial charge is 0.442 e. The summed E-state index contributed by atoms with van der Waals surface area (Å²) < 4.78 is 60.1. The molecule has 11 heteroatoms. The van der Waals surface area contributed by atoms with E-state index in [9.17, 15) is 27.2 Å². The molecule has 0 fully saturated rings. The second-order valence-electron chi connectivity index (χ2n) is 6.21. The van der Waals surface area contributed by atoms with Gasteiger partial charge in [0.15, 0.2) is 5.13 Å². The second kappa shape index (κ2) is 8.27. The molecule has 1 aromatic heterocycles. The number of rotatable bonds is 6. The Morgan fingerprint density at radius 3 is 2.47 bits per heavy atom. The molecule has 0 saturated heterocycles. The van der Waals surface area contributed by atoms with Gasteiger partial charge in [-0.2, -0.15) is 13.2 Å². The first-order chi connectivity index (χ1) is 14.1. The third-order valence-corrected chi connectivity index (χ3v) is 5.03. The Bertz CT molecular complexity index is 1070. The van der Waals surface area contributed by atoms with Crippen LogP contribution in [0, 0.1) is 5.82 Å². The van der Waals surface area contributed by atoms with Crippen molar-refractivity contribution < 1.29 is 31.9 Å². The highest BCUT2D eigenvalue weighted by molar-refractivity contribution is 7.22.